The highest BCUT2D eigenvalue weighted by molar-refractivity contribution is 5.18. The van der Waals surface area contributed by atoms with E-state index in [0.717, 1.165) is 37.8 Å². The molecule has 0 amide bonds. The number of aromatic nitrogens is 2. The Balaban J connectivity index is 1.41. The maximum absolute atomic E-state index is 5.93. The van der Waals surface area contributed by atoms with Crippen molar-refractivity contribution in [3.63, 3.8) is 0 Å². The second-order valence-corrected chi connectivity index (χ2v) is 6.50. The minimum absolute atomic E-state index is 0.393. The smallest absolute Gasteiger partial charge is 0.240 e. The lowest BCUT2D eigenvalue weighted by Crippen LogP contribution is -2.52. The fourth-order valence-electron chi connectivity index (χ4n) is 3.75. The summed E-state index contributed by atoms with van der Waals surface area (Å²) in [7, 11) is 0. The van der Waals surface area contributed by atoms with E-state index in [-0.39, 0.29) is 0 Å². The lowest BCUT2D eigenvalue weighted by molar-refractivity contribution is -0.0933. The van der Waals surface area contributed by atoms with Gasteiger partial charge in [0.2, 0.25) is 5.89 Å². The largest absolute Gasteiger partial charge is 0.375 e. The molecule has 4 rings (SSSR count). The molecule has 2 heterocycles. The summed E-state index contributed by atoms with van der Waals surface area (Å²) >= 11 is 0. The number of ether oxygens (including phenoxy) is 1. The molecule has 0 N–H and O–H groups in total. The van der Waals surface area contributed by atoms with Crippen molar-refractivity contribution in [2.45, 2.75) is 50.8 Å². The Morgan fingerprint density at radius 2 is 2.00 bits per heavy atom. The van der Waals surface area contributed by atoms with E-state index >= 15 is 0 Å². The summed E-state index contributed by atoms with van der Waals surface area (Å²) in [5.41, 5.74) is 1.21. The van der Waals surface area contributed by atoms with Gasteiger partial charge in [0.05, 0.1) is 19.3 Å². The third-order valence-corrected chi connectivity index (χ3v) is 4.90. The third kappa shape index (κ3) is 3.46. The van der Waals surface area contributed by atoms with E-state index in [0.29, 0.717) is 12.1 Å². The monoisotopic (exact) mass is 313 g/mol. The van der Waals surface area contributed by atoms with Crippen molar-refractivity contribution < 1.29 is 9.26 Å². The molecule has 1 aromatic carbocycles. The zero-order chi connectivity index (χ0) is 15.5. The van der Waals surface area contributed by atoms with Crippen LogP contribution in [0.4, 0.5) is 0 Å². The zero-order valence-electron chi connectivity index (χ0n) is 13.4. The lowest BCUT2D eigenvalue weighted by Gasteiger charge is -2.43. The van der Waals surface area contributed by atoms with Crippen LogP contribution in [0.1, 0.15) is 43.0 Å². The molecule has 2 atom stereocenters. The van der Waals surface area contributed by atoms with Crippen LogP contribution in [0.5, 0.6) is 0 Å². The van der Waals surface area contributed by atoms with E-state index in [2.05, 4.69) is 27.2 Å². The first-order valence-corrected chi connectivity index (χ1v) is 8.59. The fraction of sp³-hybridized carbons (Fsp3) is 0.556. The van der Waals surface area contributed by atoms with E-state index in [9.17, 15) is 0 Å². The average molecular weight is 313 g/mol. The molecule has 5 heteroatoms. The predicted molar refractivity (Wildman–Crippen MR) is 86.0 cm³/mol. The van der Waals surface area contributed by atoms with Gasteiger partial charge in [0.1, 0.15) is 0 Å². The fourth-order valence-corrected chi connectivity index (χ4v) is 3.75. The summed E-state index contributed by atoms with van der Waals surface area (Å²) in [4.78, 5) is 7.04. The Bertz CT molecular complexity index is 626. The standard InChI is InChI=1S/C18H23N3O2/c1-2-6-14(7-3-1)12-17-19-18(23-20-17)13-21-10-11-22-16-9-5-4-8-15(16)21/h1-3,6-7,15-16H,4-5,8-13H2/t15-,16+/m1/s1. The summed E-state index contributed by atoms with van der Waals surface area (Å²) in [5.74, 6) is 1.49. The van der Waals surface area contributed by atoms with Crippen molar-refractivity contribution in [2.75, 3.05) is 13.2 Å². The summed E-state index contributed by atoms with van der Waals surface area (Å²) in [6.45, 7) is 2.51. The maximum Gasteiger partial charge on any atom is 0.240 e. The topological polar surface area (TPSA) is 51.4 Å². The number of nitrogens with zero attached hydrogens (tertiary/aromatic N) is 3. The van der Waals surface area contributed by atoms with Crippen LogP contribution in [0, 0.1) is 0 Å². The predicted octanol–water partition coefficient (Wildman–Crippen LogP) is 2.80. The molecular formula is C18H23N3O2. The molecule has 1 aromatic heterocycles. The van der Waals surface area contributed by atoms with Crippen molar-refractivity contribution in [2.24, 2.45) is 0 Å². The Labute approximate surface area is 136 Å². The number of rotatable bonds is 4. The highest BCUT2D eigenvalue weighted by Gasteiger charge is 2.34. The van der Waals surface area contributed by atoms with Gasteiger partial charge in [-0.1, -0.05) is 48.3 Å². The maximum atomic E-state index is 5.93. The molecule has 122 valence electrons. The van der Waals surface area contributed by atoms with Crippen LogP contribution in [0.25, 0.3) is 0 Å². The molecule has 0 bridgehead atoms. The summed E-state index contributed by atoms with van der Waals surface area (Å²) in [6.07, 6.45) is 6.10. The van der Waals surface area contributed by atoms with E-state index in [1.807, 2.05) is 18.2 Å². The first-order chi connectivity index (χ1) is 11.4. The molecule has 1 aliphatic carbocycles. The first-order valence-electron chi connectivity index (χ1n) is 8.59. The van der Waals surface area contributed by atoms with Crippen molar-refractivity contribution in [3.8, 4) is 0 Å². The molecule has 23 heavy (non-hydrogen) atoms. The van der Waals surface area contributed by atoms with Crippen LogP contribution >= 0.6 is 0 Å². The molecule has 2 fully saturated rings. The Morgan fingerprint density at radius 1 is 1.13 bits per heavy atom. The SMILES string of the molecule is c1ccc(Cc2noc(CN3CCO[C@H]4CCCC[C@H]43)n2)cc1. The normalized spacial score (nSPS) is 25.2. The first kappa shape index (κ1) is 14.8. The minimum Gasteiger partial charge on any atom is -0.375 e. The van der Waals surface area contributed by atoms with Crippen LogP contribution in [0.3, 0.4) is 0 Å². The molecular weight excluding hydrogens is 290 g/mol. The second kappa shape index (κ2) is 6.81. The van der Waals surface area contributed by atoms with Gasteiger partial charge in [0, 0.05) is 19.0 Å². The Hall–Kier alpha value is -1.72. The van der Waals surface area contributed by atoms with Crippen LogP contribution < -0.4 is 0 Å². The van der Waals surface area contributed by atoms with Gasteiger partial charge in [0.25, 0.3) is 0 Å². The lowest BCUT2D eigenvalue weighted by atomic mass is 9.90. The van der Waals surface area contributed by atoms with Gasteiger partial charge >= 0.3 is 0 Å². The summed E-state index contributed by atoms with van der Waals surface area (Å²) < 4.78 is 11.4. The Kier molecular flexibility index (Phi) is 4.39. The van der Waals surface area contributed by atoms with Crippen LogP contribution in [-0.4, -0.2) is 40.3 Å². The third-order valence-electron chi connectivity index (χ3n) is 4.90. The van der Waals surface area contributed by atoms with E-state index in [4.69, 9.17) is 9.26 Å². The number of benzene rings is 1. The molecule has 0 unspecified atom stereocenters. The number of morpholine rings is 1. The highest BCUT2D eigenvalue weighted by Crippen LogP contribution is 2.29. The van der Waals surface area contributed by atoms with Crippen molar-refractivity contribution in [1.82, 2.24) is 15.0 Å². The molecule has 1 saturated carbocycles. The summed E-state index contributed by atoms with van der Waals surface area (Å²) in [5, 5.41) is 4.14. The average Bonchev–Trinajstić information content (AvgIpc) is 3.03. The van der Waals surface area contributed by atoms with Crippen molar-refractivity contribution in [3.05, 3.63) is 47.6 Å². The van der Waals surface area contributed by atoms with E-state index in [1.165, 1.54) is 31.2 Å². The number of hydrogen-bond acceptors (Lipinski definition) is 5. The van der Waals surface area contributed by atoms with Gasteiger partial charge in [-0.15, -0.1) is 0 Å². The van der Waals surface area contributed by atoms with Gasteiger partial charge in [-0.3, -0.25) is 4.90 Å². The Morgan fingerprint density at radius 3 is 2.91 bits per heavy atom. The van der Waals surface area contributed by atoms with Gasteiger partial charge in [0.15, 0.2) is 5.82 Å². The molecule has 5 nitrogen and oxygen atoms in total. The molecule has 2 aliphatic rings. The van der Waals surface area contributed by atoms with Crippen LogP contribution in [-0.2, 0) is 17.7 Å². The highest BCUT2D eigenvalue weighted by atomic mass is 16.5. The van der Waals surface area contributed by atoms with Crippen molar-refractivity contribution in [1.29, 1.82) is 0 Å². The minimum atomic E-state index is 0.393. The van der Waals surface area contributed by atoms with Gasteiger partial charge in [-0.2, -0.15) is 4.98 Å². The van der Waals surface area contributed by atoms with Crippen LogP contribution in [0.2, 0.25) is 0 Å². The van der Waals surface area contributed by atoms with Gasteiger partial charge in [-0.25, -0.2) is 0 Å². The summed E-state index contributed by atoms with van der Waals surface area (Å²) in [6, 6.07) is 10.8. The van der Waals surface area contributed by atoms with Crippen LogP contribution in [0.15, 0.2) is 34.9 Å². The second-order valence-electron chi connectivity index (χ2n) is 6.50. The number of fused-ring (bicyclic) bond motifs is 1. The van der Waals surface area contributed by atoms with Gasteiger partial charge < -0.3 is 9.26 Å². The quantitative estimate of drug-likeness (QED) is 0.869. The molecule has 1 saturated heterocycles. The molecule has 2 aromatic rings. The van der Waals surface area contributed by atoms with E-state index < -0.39 is 0 Å². The molecule has 1 aliphatic heterocycles. The van der Waals surface area contributed by atoms with E-state index in [1.54, 1.807) is 0 Å². The molecule has 0 spiro atoms. The zero-order valence-corrected chi connectivity index (χ0v) is 13.4. The van der Waals surface area contributed by atoms with Gasteiger partial charge in [-0.05, 0) is 18.4 Å². The van der Waals surface area contributed by atoms with Crippen molar-refractivity contribution >= 4 is 0 Å². The number of hydrogen-bond donors (Lipinski definition) is 0. The molecule has 0 radical (unpaired) electrons.